The Bertz CT molecular complexity index is 1010. The van der Waals surface area contributed by atoms with Gasteiger partial charge in [0.05, 0.1) is 11.3 Å². The van der Waals surface area contributed by atoms with Crippen molar-refractivity contribution in [1.82, 2.24) is 10.3 Å². The van der Waals surface area contributed by atoms with E-state index in [0.29, 0.717) is 6.42 Å². The largest absolute Gasteiger partial charge is 0.508 e. The van der Waals surface area contributed by atoms with Gasteiger partial charge in [0.2, 0.25) is 5.91 Å². The lowest BCUT2D eigenvalue weighted by molar-refractivity contribution is -0.137. The summed E-state index contributed by atoms with van der Waals surface area (Å²) in [5.74, 6) is -0.167. The van der Waals surface area contributed by atoms with Gasteiger partial charge in [0.1, 0.15) is 5.75 Å². The lowest BCUT2D eigenvalue weighted by Crippen LogP contribution is -2.19. The van der Waals surface area contributed by atoms with Crippen molar-refractivity contribution in [3.05, 3.63) is 59.8 Å². The van der Waals surface area contributed by atoms with E-state index in [4.69, 9.17) is 0 Å². The van der Waals surface area contributed by atoms with Crippen molar-refractivity contribution in [1.29, 1.82) is 0 Å². The summed E-state index contributed by atoms with van der Waals surface area (Å²) in [4.78, 5) is 15.2. The van der Waals surface area contributed by atoms with Gasteiger partial charge in [0.25, 0.3) is 0 Å². The molecule has 3 rings (SSSR count). The number of amides is 1. The number of aromatic nitrogens is 1. The smallest absolute Gasteiger partial charge is 0.418 e. The number of nitrogens with one attached hydrogen (secondary N) is 3. The van der Waals surface area contributed by atoms with Crippen LogP contribution in [0.1, 0.15) is 36.8 Å². The van der Waals surface area contributed by atoms with Crippen LogP contribution in [0, 0.1) is 0 Å². The first kappa shape index (κ1) is 22.7. The molecule has 0 aliphatic heterocycles. The van der Waals surface area contributed by atoms with Crippen LogP contribution in [0.2, 0.25) is 0 Å². The summed E-state index contributed by atoms with van der Waals surface area (Å²) in [6.45, 7) is 1.59. The number of hydrogen-bond donors (Lipinski definition) is 4. The average molecular weight is 433 g/mol. The summed E-state index contributed by atoms with van der Waals surface area (Å²) >= 11 is 0. The average Bonchev–Trinajstić information content (AvgIpc) is 3.11. The fraction of sp³-hybridized carbons (Fsp3) is 0.348. The molecule has 4 N–H and O–H groups in total. The highest BCUT2D eigenvalue weighted by molar-refractivity contribution is 5.91. The highest BCUT2D eigenvalue weighted by atomic mass is 19.4. The van der Waals surface area contributed by atoms with Crippen molar-refractivity contribution >= 4 is 22.5 Å². The summed E-state index contributed by atoms with van der Waals surface area (Å²) in [6, 6.07) is 10.2. The Balaban J connectivity index is 1.30. The van der Waals surface area contributed by atoms with Gasteiger partial charge in [0, 0.05) is 23.5 Å². The highest BCUT2D eigenvalue weighted by Gasteiger charge is 2.33. The summed E-state index contributed by atoms with van der Waals surface area (Å²) in [5, 5.41) is 16.4. The van der Waals surface area contributed by atoms with Gasteiger partial charge in [-0.25, -0.2) is 0 Å². The van der Waals surface area contributed by atoms with Crippen LogP contribution in [0.5, 0.6) is 5.75 Å². The first-order chi connectivity index (χ1) is 14.8. The molecule has 0 unspecified atom stereocenters. The number of alkyl halides is 3. The standard InChI is InChI=1S/C23H26F3N3O2/c24-23(25,26)19-6-3-4-7-21(19)29-22(31)8-2-1-5-12-27-13-11-16-15-28-20-10-9-17(30)14-18(16)20/h3-4,6-7,9-10,14-15,27-28,30H,1-2,5,8,11-13H2,(H,29,31). The summed E-state index contributed by atoms with van der Waals surface area (Å²) in [5.41, 5.74) is 1.09. The number of aromatic amines is 1. The number of carbonyl (C=O) groups is 1. The van der Waals surface area contributed by atoms with Crippen LogP contribution in [0.3, 0.4) is 0 Å². The third-order valence-corrected chi connectivity index (χ3v) is 5.09. The van der Waals surface area contributed by atoms with E-state index < -0.39 is 17.6 Å². The van der Waals surface area contributed by atoms with Crippen LogP contribution in [-0.2, 0) is 17.4 Å². The molecule has 1 heterocycles. The molecule has 0 spiro atoms. The lowest BCUT2D eigenvalue weighted by atomic mass is 10.1. The first-order valence-electron chi connectivity index (χ1n) is 10.3. The van der Waals surface area contributed by atoms with Crippen LogP contribution >= 0.6 is 0 Å². The van der Waals surface area contributed by atoms with Crippen molar-refractivity contribution < 1.29 is 23.1 Å². The molecule has 0 atom stereocenters. The van der Waals surface area contributed by atoms with E-state index >= 15 is 0 Å². The van der Waals surface area contributed by atoms with Crippen LogP contribution in [0.25, 0.3) is 10.9 Å². The Morgan fingerprint density at radius 3 is 2.65 bits per heavy atom. The lowest BCUT2D eigenvalue weighted by Gasteiger charge is -2.13. The third kappa shape index (κ3) is 6.49. The zero-order valence-electron chi connectivity index (χ0n) is 17.1. The molecule has 31 heavy (non-hydrogen) atoms. The summed E-state index contributed by atoms with van der Waals surface area (Å²) in [7, 11) is 0. The Morgan fingerprint density at radius 1 is 1.03 bits per heavy atom. The number of halogens is 3. The number of phenolic OH excluding ortho intramolecular Hbond substituents is 1. The maximum absolute atomic E-state index is 13.0. The Hall–Kier alpha value is -3.00. The number of anilines is 1. The number of H-pyrrole nitrogens is 1. The zero-order chi connectivity index (χ0) is 22.3. The van der Waals surface area contributed by atoms with Gasteiger partial charge in [-0.2, -0.15) is 13.2 Å². The number of hydrogen-bond acceptors (Lipinski definition) is 3. The van der Waals surface area contributed by atoms with E-state index in [1.165, 1.54) is 18.2 Å². The third-order valence-electron chi connectivity index (χ3n) is 5.09. The number of benzene rings is 2. The molecule has 8 heteroatoms. The first-order valence-corrected chi connectivity index (χ1v) is 10.3. The minimum atomic E-state index is -4.50. The van der Waals surface area contributed by atoms with E-state index in [-0.39, 0.29) is 17.9 Å². The molecule has 0 fully saturated rings. The fourth-order valence-corrected chi connectivity index (χ4v) is 3.49. The van der Waals surface area contributed by atoms with Gasteiger partial charge >= 0.3 is 6.18 Å². The molecule has 1 aromatic heterocycles. The zero-order valence-corrected chi connectivity index (χ0v) is 17.1. The Morgan fingerprint density at radius 2 is 1.84 bits per heavy atom. The molecule has 166 valence electrons. The Labute approximate surface area is 178 Å². The number of phenols is 1. The van der Waals surface area contributed by atoms with Crippen molar-refractivity contribution in [2.45, 2.75) is 38.3 Å². The predicted molar refractivity (Wildman–Crippen MR) is 115 cm³/mol. The number of rotatable bonds is 10. The monoisotopic (exact) mass is 433 g/mol. The van der Waals surface area contributed by atoms with Crippen molar-refractivity contribution in [3.8, 4) is 5.75 Å². The van der Waals surface area contributed by atoms with Crippen molar-refractivity contribution in [2.75, 3.05) is 18.4 Å². The number of unbranched alkanes of at least 4 members (excludes halogenated alkanes) is 2. The molecule has 0 aliphatic carbocycles. The molecule has 1 amide bonds. The quantitative estimate of drug-likeness (QED) is 0.331. The SMILES string of the molecule is O=C(CCCCCNCCc1c[nH]c2ccc(O)cc12)Nc1ccccc1C(F)(F)F. The van der Waals surface area contributed by atoms with E-state index in [1.54, 1.807) is 12.1 Å². The highest BCUT2D eigenvalue weighted by Crippen LogP contribution is 2.34. The van der Waals surface area contributed by atoms with Gasteiger partial charge < -0.3 is 20.7 Å². The van der Waals surface area contributed by atoms with Crippen LogP contribution in [-0.4, -0.2) is 29.1 Å². The molecular weight excluding hydrogens is 407 g/mol. The number of para-hydroxylation sites is 1. The molecule has 0 aliphatic rings. The molecule has 0 saturated carbocycles. The molecule has 0 radical (unpaired) electrons. The topological polar surface area (TPSA) is 77.2 Å². The van der Waals surface area contributed by atoms with Gasteiger partial charge in [0.15, 0.2) is 0 Å². The minimum Gasteiger partial charge on any atom is -0.508 e. The molecule has 2 aromatic carbocycles. The van der Waals surface area contributed by atoms with Gasteiger partial charge in [-0.1, -0.05) is 18.6 Å². The second-order valence-electron chi connectivity index (χ2n) is 7.45. The second kappa shape index (κ2) is 10.3. The maximum atomic E-state index is 13.0. The van der Waals surface area contributed by atoms with Crippen molar-refractivity contribution in [2.24, 2.45) is 0 Å². The van der Waals surface area contributed by atoms with E-state index in [0.717, 1.165) is 54.9 Å². The van der Waals surface area contributed by atoms with Gasteiger partial charge in [-0.15, -0.1) is 0 Å². The van der Waals surface area contributed by atoms with Crippen LogP contribution in [0.15, 0.2) is 48.7 Å². The maximum Gasteiger partial charge on any atom is 0.418 e. The molecule has 0 saturated heterocycles. The molecular formula is C23H26F3N3O2. The van der Waals surface area contributed by atoms with E-state index in [2.05, 4.69) is 15.6 Å². The summed E-state index contributed by atoms with van der Waals surface area (Å²) < 4.78 is 38.9. The van der Waals surface area contributed by atoms with Gasteiger partial charge in [-0.3, -0.25) is 4.79 Å². The molecule has 5 nitrogen and oxygen atoms in total. The van der Waals surface area contributed by atoms with Crippen molar-refractivity contribution in [3.63, 3.8) is 0 Å². The fourth-order valence-electron chi connectivity index (χ4n) is 3.49. The van der Waals surface area contributed by atoms with E-state index in [9.17, 15) is 23.1 Å². The second-order valence-corrected chi connectivity index (χ2v) is 7.45. The summed E-state index contributed by atoms with van der Waals surface area (Å²) in [6.07, 6.45) is 0.756. The number of carbonyl (C=O) groups excluding carboxylic acids is 1. The Kier molecular flexibility index (Phi) is 7.57. The minimum absolute atomic E-state index is 0.186. The molecule has 0 bridgehead atoms. The number of fused-ring (bicyclic) bond motifs is 1. The molecule has 3 aromatic rings. The van der Waals surface area contributed by atoms with Crippen LogP contribution in [0.4, 0.5) is 18.9 Å². The van der Waals surface area contributed by atoms with Crippen LogP contribution < -0.4 is 10.6 Å². The van der Waals surface area contributed by atoms with Gasteiger partial charge in [-0.05, 0) is 68.2 Å². The number of aromatic hydroxyl groups is 1. The van der Waals surface area contributed by atoms with E-state index in [1.807, 2.05) is 12.3 Å². The predicted octanol–water partition coefficient (Wildman–Crippen LogP) is 5.22. The normalized spacial score (nSPS) is 11.7.